The van der Waals surface area contributed by atoms with Crippen LogP contribution in [0.25, 0.3) is 0 Å². The fourth-order valence-electron chi connectivity index (χ4n) is 1.86. The van der Waals surface area contributed by atoms with Crippen molar-refractivity contribution in [1.82, 2.24) is 9.55 Å². The van der Waals surface area contributed by atoms with Crippen LogP contribution in [0.1, 0.15) is 24.2 Å². The molecule has 2 N–H and O–H groups in total. The lowest BCUT2D eigenvalue weighted by Crippen LogP contribution is -2.12. The molecule has 0 bridgehead atoms. The number of rotatable bonds is 4. The number of hydrogen-bond donors (Lipinski definition) is 1. The third-order valence-corrected chi connectivity index (χ3v) is 2.74. The van der Waals surface area contributed by atoms with Crippen LogP contribution in [0.2, 0.25) is 0 Å². The fraction of sp³-hybridized carbons (Fsp3) is 0.308. The zero-order valence-electron chi connectivity index (χ0n) is 10.1. The molecule has 0 radical (unpaired) electrons. The first kappa shape index (κ1) is 11.7. The summed E-state index contributed by atoms with van der Waals surface area (Å²) in [6.45, 7) is 2.68. The number of aromatic nitrogens is 2. The van der Waals surface area contributed by atoms with E-state index in [1.807, 2.05) is 35.8 Å². The lowest BCUT2D eigenvalue weighted by Gasteiger charge is -2.13. The Morgan fingerprint density at radius 3 is 2.88 bits per heavy atom. The first-order valence-electron chi connectivity index (χ1n) is 5.60. The summed E-state index contributed by atoms with van der Waals surface area (Å²) in [5.41, 5.74) is 8.04. The highest BCUT2D eigenvalue weighted by atomic mass is 16.5. The number of nitrogens with zero attached hydrogens (tertiary/aromatic N) is 2. The van der Waals surface area contributed by atoms with Gasteiger partial charge in [-0.2, -0.15) is 0 Å². The van der Waals surface area contributed by atoms with Gasteiger partial charge in [-0.25, -0.2) is 4.98 Å². The van der Waals surface area contributed by atoms with Crippen LogP contribution >= 0.6 is 0 Å². The Balaban J connectivity index is 2.28. The van der Waals surface area contributed by atoms with Gasteiger partial charge in [-0.1, -0.05) is 18.2 Å². The first-order chi connectivity index (χ1) is 8.22. The molecule has 2 aromatic rings. The van der Waals surface area contributed by atoms with E-state index in [9.17, 15) is 0 Å². The van der Waals surface area contributed by atoms with Crippen LogP contribution in [0, 0.1) is 0 Å². The molecular weight excluding hydrogens is 214 g/mol. The maximum atomic E-state index is 5.89. The van der Waals surface area contributed by atoms with Crippen molar-refractivity contribution < 1.29 is 4.74 Å². The highest BCUT2D eigenvalue weighted by Crippen LogP contribution is 2.20. The molecule has 17 heavy (non-hydrogen) atoms. The van der Waals surface area contributed by atoms with Gasteiger partial charge in [0.2, 0.25) is 0 Å². The van der Waals surface area contributed by atoms with Gasteiger partial charge in [0.05, 0.1) is 25.7 Å². The average Bonchev–Trinajstić information content (AvgIpc) is 2.78. The number of hydrogen-bond acceptors (Lipinski definition) is 3. The van der Waals surface area contributed by atoms with E-state index in [1.54, 1.807) is 19.6 Å². The third kappa shape index (κ3) is 2.47. The quantitative estimate of drug-likeness (QED) is 0.875. The fourth-order valence-corrected chi connectivity index (χ4v) is 1.86. The van der Waals surface area contributed by atoms with Crippen LogP contribution in [-0.4, -0.2) is 16.7 Å². The van der Waals surface area contributed by atoms with Crippen molar-refractivity contribution >= 4 is 0 Å². The van der Waals surface area contributed by atoms with Crippen LogP contribution < -0.4 is 10.5 Å². The van der Waals surface area contributed by atoms with Crippen molar-refractivity contribution in [3.63, 3.8) is 0 Å². The highest BCUT2D eigenvalue weighted by Gasteiger charge is 2.09. The van der Waals surface area contributed by atoms with Crippen molar-refractivity contribution in [2.75, 3.05) is 7.11 Å². The van der Waals surface area contributed by atoms with Crippen LogP contribution in [0.15, 0.2) is 36.8 Å². The molecule has 4 nitrogen and oxygen atoms in total. The largest absolute Gasteiger partial charge is 0.496 e. The van der Waals surface area contributed by atoms with Gasteiger partial charge in [0.1, 0.15) is 5.75 Å². The SMILES string of the molecule is COc1ccccc1Cn1cncc1[C@H](C)N. The minimum Gasteiger partial charge on any atom is -0.496 e. The van der Waals surface area contributed by atoms with Gasteiger partial charge < -0.3 is 15.0 Å². The molecule has 0 amide bonds. The van der Waals surface area contributed by atoms with Crippen molar-refractivity contribution in [2.24, 2.45) is 5.73 Å². The number of imidazole rings is 1. The smallest absolute Gasteiger partial charge is 0.123 e. The minimum absolute atomic E-state index is 0.0211. The van der Waals surface area contributed by atoms with E-state index in [1.165, 1.54) is 0 Å². The summed E-state index contributed by atoms with van der Waals surface area (Å²) in [5.74, 6) is 0.886. The van der Waals surface area contributed by atoms with Crippen molar-refractivity contribution in [3.8, 4) is 5.75 Å². The Kier molecular flexibility index (Phi) is 3.44. The second-order valence-electron chi connectivity index (χ2n) is 4.05. The summed E-state index contributed by atoms with van der Waals surface area (Å²) in [6, 6.07) is 7.94. The van der Waals surface area contributed by atoms with Gasteiger partial charge in [-0.3, -0.25) is 0 Å². The predicted molar refractivity (Wildman–Crippen MR) is 66.9 cm³/mol. The zero-order chi connectivity index (χ0) is 12.3. The molecule has 0 aliphatic rings. The Morgan fingerprint density at radius 1 is 1.41 bits per heavy atom. The number of nitrogens with two attached hydrogens (primary N) is 1. The standard InChI is InChI=1S/C13H17N3O/c1-10(14)12-7-15-9-16(12)8-11-5-3-4-6-13(11)17-2/h3-7,9-10H,8,14H2,1-2H3/t10-/m0/s1. The summed E-state index contributed by atoms with van der Waals surface area (Å²) in [4.78, 5) is 4.14. The summed E-state index contributed by atoms with van der Waals surface area (Å²) in [6.07, 6.45) is 3.60. The topological polar surface area (TPSA) is 53.1 Å². The van der Waals surface area contributed by atoms with Crippen LogP contribution in [0.4, 0.5) is 0 Å². The molecule has 1 aromatic carbocycles. The van der Waals surface area contributed by atoms with E-state index in [0.717, 1.165) is 23.6 Å². The van der Waals surface area contributed by atoms with E-state index < -0.39 is 0 Å². The molecule has 0 unspecified atom stereocenters. The van der Waals surface area contributed by atoms with Crippen molar-refractivity contribution in [2.45, 2.75) is 19.5 Å². The van der Waals surface area contributed by atoms with Gasteiger partial charge in [0.25, 0.3) is 0 Å². The molecule has 0 aliphatic carbocycles. The zero-order valence-corrected chi connectivity index (χ0v) is 10.1. The van der Waals surface area contributed by atoms with E-state index in [0.29, 0.717) is 0 Å². The Bertz CT molecular complexity index is 491. The van der Waals surface area contributed by atoms with E-state index in [2.05, 4.69) is 4.98 Å². The molecule has 0 fully saturated rings. The minimum atomic E-state index is -0.0211. The number of benzene rings is 1. The third-order valence-electron chi connectivity index (χ3n) is 2.74. The predicted octanol–water partition coefficient (Wildman–Crippen LogP) is 1.96. The maximum Gasteiger partial charge on any atom is 0.123 e. The molecule has 90 valence electrons. The van der Waals surface area contributed by atoms with Crippen LogP contribution in [0.5, 0.6) is 5.75 Å². The van der Waals surface area contributed by atoms with Gasteiger partial charge in [-0.15, -0.1) is 0 Å². The molecule has 0 saturated heterocycles. The monoisotopic (exact) mass is 231 g/mol. The lowest BCUT2D eigenvalue weighted by molar-refractivity contribution is 0.408. The normalized spacial score (nSPS) is 12.4. The second kappa shape index (κ2) is 5.01. The molecule has 1 heterocycles. The van der Waals surface area contributed by atoms with Gasteiger partial charge in [0.15, 0.2) is 0 Å². The van der Waals surface area contributed by atoms with Crippen LogP contribution in [-0.2, 0) is 6.54 Å². The molecular formula is C13H17N3O. The van der Waals surface area contributed by atoms with Gasteiger partial charge in [-0.05, 0) is 13.0 Å². The maximum absolute atomic E-state index is 5.89. The molecule has 0 saturated carbocycles. The number of ether oxygens (including phenoxy) is 1. The summed E-state index contributed by atoms with van der Waals surface area (Å²) in [5, 5.41) is 0. The van der Waals surface area contributed by atoms with Crippen molar-refractivity contribution in [3.05, 3.63) is 48.0 Å². The Labute approximate surface area is 101 Å². The summed E-state index contributed by atoms with van der Waals surface area (Å²) in [7, 11) is 1.68. The van der Waals surface area contributed by atoms with E-state index in [-0.39, 0.29) is 6.04 Å². The molecule has 1 atom stereocenters. The van der Waals surface area contributed by atoms with E-state index in [4.69, 9.17) is 10.5 Å². The highest BCUT2D eigenvalue weighted by molar-refractivity contribution is 5.33. The van der Waals surface area contributed by atoms with Gasteiger partial charge >= 0.3 is 0 Å². The van der Waals surface area contributed by atoms with E-state index >= 15 is 0 Å². The molecule has 0 aliphatic heterocycles. The molecule has 1 aromatic heterocycles. The molecule has 0 spiro atoms. The average molecular weight is 231 g/mol. The lowest BCUT2D eigenvalue weighted by atomic mass is 10.2. The summed E-state index contributed by atoms with van der Waals surface area (Å²) >= 11 is 0. The van der Waals surface area contributed by atoms with Gasteiger partial charge in [0, 0.05) is 17.8 Å². The van der Waals surface area contributed by atoms with Crippen molar-refractivity contribution in [1.29, 1.82) is 0 Å². The molecule has 4 heteroatoms. The molecule has 2 rings (SSSR count). The Morgan fingerprint density at radius 2 is 2.18 bits per heavy atom. The Hall–Kier alpha value is -1.81. The number of para-hydroxylation sites is 1. The second-order valence-corrected chi connectivity index (χ2v) is 4.05. The number of methoxy groups -OCH3 is 1. The first-order valence-corrected chi connectivity index (χ1v) is 5.60. The van der Waals surface area contributed by atoms with Crippen LogP contribution in [0.3, 0.4) is 0 Å². The summed E-state index contributed by atoms with van der Waals surface area (Å²) < 4.78 is 7.37.